The minimum atomic E-state index is -3.12. The molecule has 0 unspecified atom stereocenters. The van der Waals surface area contributed by atoms with Gasteiger partial charge in [0.1, 0.15) is 0 Å². The Labute approximate surface area is 167 Å². The van der Waals surface area contributed by atoms with Crippen molar-refractivity contribution >= 4 is 51.6 Å². The van der Waals surface area contributed by atoms with Crippen molar-refractivity contribution in [3.8, 4) is 0 Å². The SMILES string of the molecule is CCS(=O)(=O)NCCCNC(=NC)N(C)Cc1ccc(Cl)cc1.I. The van der Waals surface area contributed by atoms with E-state index < -0.39 is 10.0 Å². The van der Waals surface area contributed by atoms with Crippen molar-refractivity contribution in [1.82, 2.24) is 14.9 Å². The molecular weight excluding hydrogens is 463 g/mol. The Balaban J connectivity index is 0.00000529. The molecule has 0 amide bonds. The smallest absolute Gasteiger partial charge is 0.211 e. The highest BCUT2D eigenvalue weighted by Crippen LogP contribution is 2.10. The number of halogens is 2. The second kappa shape index (κ2) is 11.9. The zero-order valence-corrected chi connectivity index (χ0v) is 18.2. The van der Waals surface area contributed by atoms with Crippen LogP contribution in [0.3, 0.4) is 0 Å². The van der Waals surface area contributed by atoms with Crippen LogP contribution in [0, 0.1) is 0 Å². The molecule has 1 rings (SSSR count). The topological polar surface area (TPSA) is 73.8 Å². The summed E-state index contributed by atoms with van der Waals surface area (Å²) in [5.74, 6) is 0.865. The van der Waals surface area contributed by atoms with Crippen LogP contribution in [0.15, 0.2) is 29.3 Å². The van der Waals surface area contributed by atoms with Gasteiger partial charge >= 0.3 is 0 Å². The van der Waals surface area contributed by atoms with Crippen LogP contribution in [0.4, 0.5) is 0 Å². The lowest BCUT2D eigenvalue weighted by Gasteiger charge is -2.22. The molecule has 0 saturated heterocycles. The molecule has 0 aliphatic heterocycles. The molecule has 0 aliphatic carbocycles. The summed E-state index contributed by atoms with van der Waals surface area (Å²) in [4.78, 5) is 6.23. The van der Waals surface area contributed by atoms with Gasteiger partial charge in [-0.1, -0.05) is 23.7 Å². The number of sulfonamides is 1. The second-order valence-corrected chi connectivity index (χ2v) is 7.64. The number of nitrogens with one attached hydrogen (secondary N) is 2. The number of nitrogens with zero attached hydrogens (tertiary/aromatic N) is 2. The molecule has 138 valence electrons. The van der Waals surface area contributed by atoms with Crippen LogP contribution < -0.4 is 10.0 Å². The van der Waals surface area contributed by atoms with Crippen LogP contribution in [-0.2, 0) is 16.6 Å². The maximum Gasteiger partial charge on any atom is 0.211 e. The first-order chi connectivity index (χ1) is 10.9. The highest BCUT2D eigenvalue weighted by atomic mass is 127. The summed E-state index contributed by atoms with van der Waals surface area (Å²) < 4.78 is 25.2. The van der Waals surface area contributed by atoms with Gasteiger partial charge in [0.15, 0.2) is 5.96 Å². The highest BCUT2D eigenvalue weighted by Gasteiger charge is 2.07. The average Bonchev–Trinajstić information content (AvgIpc) is 2.53. The van der Waals surface area contributed by atoms with Gasteiger partial charge in [0, 0.05) is 38.8 Å². The molecule has 0 heterocycles. The maximum absolute atomic E-state index is 11.3. The summed E-state index contributed by atoms with van der Waals surface area (Å²) in [7, 11) is 0.555. The van der Waals surface area contributed by atoms with E-state index in [1.165, 1.54) is 0 Å². The van der Waals surface area contributed by atoms with E-state index in [0.29, 0.717) is 31.1 Å². The number of aliphatic imine (C=N–C) groups is 1. The van der Waals surface area contributed by atoms with Crippen molar-refractivity contribution in [2.45, 2.75) is 19.9 Å². The minimum absolute atomic E-state index is 0. The monoisotopic (exact) mass is 488 g/mol. The maximum atomic E-state index is 11.3. The lowest BCUT2D eigenvalue weighted by atomic mass is 10.2. The van der Waals surface area contributed by atoms with Gasteiger partial charge in [0.2, 0.25) is 10.0 Å². The standard InChI is InChI=1S/C15H25ClN4O2S.HI/c1-4-23(21,22)19-11-5-10-18-15(17-2)20(3)12-13-6-8-14(16)9-7-13;/h6-9,19H,4-5,10-12H2,1-3H3,(H,17,18);1H. The van der Waals surface area contributed by atoms with Crippen molar-refractivity contribution in [3.63, 3.8) is 0 Å². The summed E-state index contributed by atoms with van der Waals surface area (Å²) in [5.41, 5.74) is 1.13. The molecule has 0 saturated carbocycles. The van der Waals surface area contributed by atoms with Gasteiger partial charge in [-0.2, -0.15) is 0 Å². The summed E-state index contributed by atoms with van der Waals surface area (Å²) in [5, 5.41) is 3.94. The fourth-order valence-electron chi connectivity index (χ4n) is 1.94. The van der Waals surface area contributed by atoms with E-state index in [1.54, 1.807) is 14.0 Å². The first-order valence-electron chi connectivity index (χ1n) is 7.51. The summed E-state index contributed by atoms with van der Waals surface area (Å²) in [6.45, 7) is 3.39. The van der Waals surface area contributed by atoms with Gasteiger partial charge in [-0.25, -0.2) is 13.1 Å². The molecule has 0 atom stereocenters. The van der Waals surface area contributed by atoms with Crippen molar-refractivity contribution in [2.24, 2.45) is 4.99 Å². The molecule has 0 spiro atoms. The van der Waals surface area contributed by atoms with E-state index in [1.807, 2.05) is 36.2 Å². The Morgan fingerprint density at radius 1 is 1.25 bits per heavy atom. The van der Waals surface area contributed by atoms with E-state index in [2.05, 4.69) is 15.0 Å². The van der Waals surface area contributed by atoms with Crippen LogP contribution in [0.2, 0.25) is 5.02 Å². The predicted octanol–water partition coefficient (Wildman–Crippen LogP) is 2.29. The van der Waals surface area contributed by atoms with Gasteiger partial charge in [-0.05, 0) is 31.0 Å². The predicted molar refractivity (Wildman–Crippen MR) is 112 cm³/mol. The van der Waals surface area contributed by atoms with E-state index >= 15 is 0 Å². The van der Waals surface area contributed by atoms with Crippen molar-refractivity contribution < 1.29 is 8.42 Å². The molecule has 2 N–H and O–H groups in total. The third kappa shape index (κ3) is 9.05. The lowest BCUT2D eigenvalue weighted by molar-refractivity contribution is 0.475. The summed E-state index contributed by atoms with van der Waals surface area (Å²) >= 11 is 5.88. The molecule has 1 aromatic carbocycles. The fourth-order valence-corrected chi connectivity index (χ4v) is 2.73. The van der Waals surface area contributed by atoms with Gasteiger partial charge in [0.25, 0.3) is 0 Å². The quantitative estimate of drug-likeness (QED) is 0.255. The lowest BCUT2D eigenvalue weighted by Crippen LogP contribution is -2.39. The van der Waals surface area contributed by atoms with E-state index in [4.69, 9.17) is 11.6 Å². The number of hydrogen-bond donors (Lipinski definition) is 2. The van der Waals surface area contributed by atoms with Crippen LogP contribution >= 0.6 is 35.6 Å². The number of benzene rings is 1. The molecule has 0 aliphatic rings. The molecule has 1 aromatic rings. The van der Waals surface area contributed by atoms with Crippen molar-refractivity contribution in [3.05, 3.63) is 34.9 Å². The Hall–Kier alpha value is -0.580. The van der Waals surface area contributed by atoms with E-state index in [9.17, 15) is 8.42 Å². The molecule has 0 bridgehead atoms. The number of guanidine groups is 1. The number of rotatable bonds is 8. The van der Waals surface area contributed by atoms with Crippen LogP contribution in [0.1, 0.15) is 18.9 Å². The normalized spacial score (nSPS) is 11.8. The van der Waals surface area contributed by atoms with Gasteiger partial charge < -0.3 is 10.2 Å². The number of hydrogen-bond acceptors (Lipinski definition) is 3. The molecule has 6 nitrogen and oxygen atoms in total. The molecule has 24 heavy (non-hydrogen) atoms. The largest absolute Gasteiger partial charge is 0.356 e. The molecule has 0 fully saturated rings. The van der Waals surface area contributed by atoms with Crippen LogP contribution in [0.25, 0.3) is 0 Å². The Kier molecular flexibility index (Phi) is 11.6. The molecule has 0 radical (unpaired) electrons. The Morgan fingerprint density at radius 2 is 1.88 bits per heavy atom. The first-order valence-corrected chi connectivity index (χ1v) is 9.54. The van der Waals surface area contributed by atoms with Gasteiger partial charge in [0.05, 0.1) is 5.75 Å². The average molecular weight is 489 g/mol. The van der Waals surface area contributed by atoms with Crippen molar-refractivity contribution in [2.75, 3.05) is 32.9 Å². The fraction of sp³-hybridized carbons (Fsp3) is 0.533. The molecular formula is C15H26ClIN4O2S. The molecule has 9 heteroatoms. The highest BCUT2D eigenvalue weighted by molar-refractivity contribution is 14.0. The van der Waals surface area contributed by atoms with E-state index in [-0.39, 0.29) is 29.7 Å². The zero-order valence-electron chi connectivity index (χ0n) is 14.3. The van der Waals surface area contributed by atoms with Crippen LogP contribution in [-0.4, -0.2) is 52.2 Å². The van der Waals surface area contributed by atoms with Gasteiger partial charge in [-0.15, -0.1) is 24.0 Å². The van der Waals surface area contributed by atoms with E-state index in [0.717, 1.165) is 11.5 Å². The summed E-state index contributed by atoms with van der Waals surface area (Å²) in [6, 6.07) is 7.68. The minimum Gasteiger partial charge on any atom is -0.356 e. The third-order valence-corrected chi connectivity index (χ3v) is 4.90. The first kappa shape index (κ1) is 23.4. The summed E-state index contributed by atoms with van der Waals surface area (Å²) in [6.07, 6.45) is 0.688. The van der Waals surface area contributed by atoms with Gasteiger partial charge in [-0.3, -0.25) is 4.99 Å². The molecule has 0 aromatic heterocycles. The third-order valence-electron chi connectivity index (χ3n) is 3.25. The second-order valence-electron chi connectivity index (χ2n) is 5.11. The Bertz CT molecular complexity index is 608. The van der Waals surface area contributed by atoms with Crippen LogP contribution in [0.5, 0.6) is 0 Å². The Morgan fingerprint density at radius 3 is 2.42 bits per heavy atom. The van der Waals surface area contributed by atoms with Crippen molar-refractivity contribution in [1.29, 1.82) is 0 Å². The zero-order chi connectivity index (χ0) is 17.3.